The standard InChI is InChI=1S/C14H27N5/c1-11(2)6-9-19(10-7-12(3)4)13-5-8-16-14(17-13)18-15/h5,8,11-12H,6-7,9-10,15H2,1-4H3,(H,16,17,18). The number of nitrogen functional groups attached to an aromatic ring is 1. The Kier molecular flexibility index (Phi) is 6.56. The average Bonchev–Trinajstić information content (AvgIpc) is 2.38. The molecule has 0 aliphatic rings. The van der Waals surface area contributed by atoms with E-state index in [-0.39, 0.29) is 0 Å². The second kappa shape index (κ2) is 7.94. The number of hydrogen-bond donors (Lipinski definition) is 2. The highest BCUT2D eigenvalue weighted by atomic mass is 15.3. The molecule has 1 rings (SSSR count). The van der Waals surface area contributed by atoms with Crippen LogP contribution < -0.4 is 16.2 Å². The molecule has 108 valence electrons. The van der Waals surface area contributed by atoms with Gasteiger partial charge in [0.2, 0.25) is 5.95 Å². The Labute approximate surface area is 116 Å². The lowest BCUT2D eigenvalue weighted by Gasteiger charge is -2.25. The van der Waals surface area contributed by atoms with E-state index in [1.165, 1.54) is 0 Å². The van der Waals surface area contributed by atoms with Crippen molar-refractivity contribution in [1.82, 2.24) is 9.97 Å². The molecule has 0 aromatic carbocycles. The first-order chi connectivity index (χ1) is 9.02. The number of hydrogen-bond acceptors (Lipinski definition) is 5. The number of hydrazine groups is 1. The second-order valence-corrected chi connectivity index (χ2v) is 5.73. The first-order valence-corrected chi connectivity index (χ1v) is 7.07. The summed E-state index contributed by atoms with van der Waals surface area (Å²) in [6.07, 6.45) is 4.07. The maximum absolute atomic E-state index is 5.37. The van der Waals surface area contributed by atoms with Gasteiger partial charge in [-0.1, -0.05) is 27.7 Å². The van der Waals surface area contributed by atoms with E-state index in [1.807, 2.05) is 6.07 Å². The van der Waals surface area contributed by atoms with Crippen molar-refractivity contribution in [1.29, 1.82) is 0 Å². The molecule has 5 nitrogen and oxygen atoms in total. The molecule has 0 aliphatic heterocycles. The summed E-state index contributed by atoms with van der Waals surface area (Å²) in [7, 11) is 0. The van der Waals surface area contributed by atoms with E-state index >= 15 is 0 Å². The molecule has 0 unspecified atom stereocenters. The normalized spacial score (nSPS) is 11.1. The van der Waals surface area contributed by atoms with Crippen molar-refractivity contribution in [2.75, 3.05) is 23.4 Å². The zero-order valence-electron chi connectivity index (χ0n) is 12.6. The van der Waals surface area contributed by atoms with Crippen LogP contribution in [-0.2, 0) is 0 Å². The van der Waals surface area contributed by atoms with Crippen LogP contribution in [-0.4, -0.2) is 23.1 Å². The number of nitrogens with zero attached hydrogens (tertiary/aromatic N) is 3. The van der Waals surface area contributed by atoms with E-state index in [2.05, 4.69) is 48.0 Å². The third kappa shape index (κ3) is 5.87. The minimum absolute atomic E-state index is 0.469. The minimum atomic E-state index is 0.469. The van der Waals surface area contributed by atoms with Crippen LogP contribution in [0.4, 0.5) is 11.8 Å². The summed E-state index contributed by atoms with van der Waals surface area (Å²) in [6, 6.07) is 1.95. The molecule has 0 bridgehead atoms. The van der Waals surface area contributed by atoms with Crippen LogP contribution in [0.2, 0.25) is 0 Å². The van der Waals surface area contributed by atoms with Gasteiger partial charge < -0.3 is 4.90 Å². The van der Waals surface area contributed by atoms with Gasteiger partial charge in [-0.3, -0.25) is 5.43 Å². The number of nitrogens with two attached hydrogens (primary N) is 1. The van der Waals surface area contributed by atoms with Crippen molar-refractivity contribution in [3.05, 3.63) is 12.3 Å². The van der Waals surface area contributed by atoms with Gasteiger partial charge in [-0.15, -0.1) is 0 Å². The molecule has 0 radical (unpaired) electrons. The molecular weight excluding hydrogens is 238 g/mol. The van der Waals surface area contributed by atoms with Crippen LogP contribution in [0.5, 0.6) is 0 Å². The predicted molar refractivity (Wildman–Crippen MR) is 81.0 cm³/mol. The van der Waals surface area contributed by atoms with Crippen molar-refractivity contribution >= 4 is 11.8 Å². The fraction of sp³-hybridized carbons (Fsp3) is 0.714. The summed E-state index contributed by atoms with van der Waals surface area (Å²) in [5.41, 5.74) is 2.50. The second-order valence-electron chi connectivity index (χ2n) is 5.73. The first-order valence-electron chi connectivity index (χ1n) is 7.07. The van der Waals surface area contributed by atoms with Crippen LogP contribution in [0.15, 0.2) is 12.3 Å². The van der Waals surface area contributed by atoms with Crippen molar-refractivity contribution in [2.24, 2.45) is 17.7 Å². The van der Waals surface area contributed by atoms with Crippen molar-refractivity contribution in [3.8, 4) is 0 Å². The summed E-state index contributed by atoms with van der Waals surface area (Å²) < 4.78 is 0. The molecule has 1 heterocycles. The molecular formula is C14H27N5. The lowest BCUT2D eigenvalue weighted by atomic mass is 10.1. The molecule has 0 saturated heterocycles. The van der Waals surface area contributed by atoms with Gasteiger partial charge in [0.25, 0.3) is 0 Å². The van der Waals surface area contributed by atoms with Gasteiger partial charge in [0, 0.05) is 19.3 Å². The Bertz CT molecular complexity index is 353. The summed E-state index contributed by atoms with van der Waals surface area (Å²) in [5.74, 6) is 8.17. The lowest BCUT2D eigenvalue weighted by Crippen LogP contribution is -2.28. The average molecular weight is 265 g/mol. The Hall–Kier alpha value is -1.36. The molecule has 19 heavy (non-hydrogen) atoms. The molecule has 0 fully saturated rings. The number of rotatable bonds is 8. The van der Waals surface area contributed by atoms with Crippen LogP contribution in [0.3, 0.4) is 0 Å². The first kappa shape index (κ1) is 15.7. The maximum Gasteiger partial charge on any atom is 0.239 e. The minimum Gasteiger partial charge on any atom is -0.356 e. The molecule has 0 atom stereocenters. The zero-order chi connectivity index (χ0) is 14.3. The van der Waals surface area contributed by atoms with Crippen LogP contribution in [0.1, 0.15) is 40.5 Å². The Morgan fingerprint density at radius 3 is 2.21 bits per heavy atom. The molecule has 3 N–H and O–H groups in total. The fourth-order valence-corrected chi connectivity index (χ4v) is 1.76. The maximum atomic E-state index is 5.37. The Morgan fingerprint density at radius 2 is 1.74 bits per heavy atom. The topological polar surface area (TPSA) is 67.1 Å². The Balaban J connectivity index is 2.74. The van der Waals surface area contributed by atoms with Crippen molar-refractivity contribution in [3.63, 3.8) is 0 Å². The molecule has 1 aromatic rings. The van der Waals surface area contributed by atoms with Gasteiger partial charge >= 0.3 is 0 Å². The highest BCUT2D eigenvalue weighted by Crippen LogP contribution is 2.15. The largest absolute Gasteiger partial charge is 0.356 e. The zero-order valence-corrected chi connectivity index (χ0v) is 12.6. The SMILES string of the molecule is CC(C)CCN(CCC(C)C)c1ccnc(NN)n1. The summed E-state index contributed by atoms with van der Waals surface area (Å²) in [4.78, 5) is 10.8. The molecule has 5 heteroatoms. The molecule has 0 aliphatic carbocycles. The smallest absolute Gasteiger partial charge is 0.239 e. The van der Waals surface area contributed by atoms with Gasteiger partial charge in [-0.25, -0.2) is 10.8 Å². The quantitative estimate of drug-likeness (QED) is 0.559. The third-order valence-electron chi connectivity index (χ3n) is 3.05. The molecule has 0 spiro atoms. The van der Waals surface area contributed by atoms with Gasteiger partial charge in [-0.2, -0.15) is 4.98 Å². The summed E-state index contributed by atoms with van der Waals surface area (Å²) >= 11 is 0. The predicted octanol–water partition coefficient (Wildman–Crippen LogP) is 2.66. The van der Waals surface area contributed by atoms with E-state index in [0.29, 0.717) is 17.8 Å². The highest BCUT2D eigenvalue weighted by molar-refractivity contribution is 5.41. The lowest BCUT2D eigenvalue weighted by molar-refractivity contribution is 0.533. The molecule has 1 aromatic heterocycles. The monoisotopic (exact) mass is 265 g/mol. The van der Waals surface area contributed by atoms with Gasteiger partial charge in [-0.05, 0) is 30.7 Å². The van der Waals surface area contributed by atoms with E-state index in [1.54, 1.807) is 6.20 Å². The van der Waals surface area contributed by atoms with E-state index < -0.39 is 0 Å². The van der Waals surface area contributed by atoms with Crippen LogP contribution >= 0.6 is 0 Å². The van der Waals surface area contributed by atoms with Crippen molar-refractivity contribution < 1.29 is 0 Å². The van der Waals surface area contributed by atoms with Crippen molar-refractivity contribution in [2.45, 2.75) is 40.5 Å². The highest BCUT2D eigenvalue weighted by Gasteiger charge is 2.10. The van der Waals surface area contributed by atoms with Crippen LogP contribution in [0, 0.1) is 11.8 Å². The number of nitrogens with one attached hydrogen (secondary N) is 1. The number of aromatic nitrogens is 2. The summed E-state index contributed by atoms with van der Waals surface area (Å²) in [6.45, 7) is 11.0. The molecule has 0 amide bonds. The van der Waals surface area contributed by atoms with E-state index in [0.717, 1.165) is 31.7 Å². The van der Waals surface area contributed by atoms with E-state index in [4.69, 9.17) is 5.84 Å². The third-order valence-corrected chi connectivity index (χ3v) is 3.05. The fourth-order valence-electron chi connectivity index (χ4n) is 1.76. The van der Waals surface area contributed by atoms with Gasteiger partial charge in [0.05, 0.1) is 0 Å². The molecule has 0 saturated carbocycles. The van der Waals surface area contributed by atoms with Crippen LogP contribution in [0.25, 0.3) is 0 Å². The van der Waals surface area contributed by atoms with Gasteiger partial charge in [0.15, 0.2) is 0 Å². The summed E-state index contributed by atoms with van der Waals surface area (Å²) in [5, 5.41) is 0. The Morgan fingerprint density at radius 1 is 1.16 bits per heavy atom. The number of anilines is 2. The van der Waals surface area contributed by atoms with E-state index in [9.17, 15) is 0 Å². The van der Waals surface area contributed by atoms with Gasteiger partial charge in [0.1, 0.15) is 5.82 Å².